The summed E-state index contributed by atoms with van der Waals surface area (Å²) in [6.07, 6.45) is 1.61. The van der Waals surface area contributed by atoms with Crippen LogP contribution in [0.4, 0.5) is 11.5 Å². The highest BCUT2D eigenvalue weighted by atomic mass is 16.5. The van der Waals surface area contributed by atoms with Gasteiger partial charge in [-0.15, -0.1) is 0 Å². The fraction of sp³-hybridized carbons (Fsp3) is 0.286. The summed E-state index contributed by atoms with van der Waals surface area (Å²) in [5.74, 6) is 1.16. The van der Waals surface area contributed by atoms with Crippen LogP contribution in [0.1, 0.15) is 0 Å². The first-order valence-corrected chi connectivity index (χ1v) is 3.25. The average Bonchev–Trinajstić information content (AvgIpc) is 2.04. The molecule has 0 unspecified atom stereocenters. The lowest BCUT2D eigenvalue weighted by Crippen LogP contribution is -2.00. The Balaban J connectivity index is 3.13. The van der Waals surface area contributed by atoms with Crippen molar-refractivity contribution in [2.24, 2.45) is 0 Å². The molecule has 1 heterocycles. The highest BCUT2D eigenvalue weighted by Gasteiger charge is 2.03. The molecule has 3 N–H and O–H groups in total. The zero-order valence-electron chi connectivity index (χ0n) is 6.59. The summed E-state index contributed by atoms with van der Waals surface area (Å²) in [5.41, 5.74) is 6.29. The van der Waals surface area contributed by atoms with Crippen molar-refractivity contribution in [3.8, 4) is 5.75 Å². The molecule has 11 heavy (non-hydrogen) atoms. The molecule has 0 aliphatic rings. The number of methoxy groups -OCH3 is 1. The van der Waals surface area contributed by atoms with Gasteiger partial charge in [0.1, 0.15) is 11.4 Å². The van der Waals surface area contributed by atoms with Gasteiger partial charge in [-0.05, 0) is 0 Å². The van der Waals surface area contributed by atoms with Gasteiger partial charge in [0.15, 0.2) is 5.82 Å². The first-order chi connectivity index (χ1) is 5.29. The number of nitrogens with one attached hydrogen (secondary N) is 1. The third-order valence-corrected chi connectivity index (χ3v) is 1.41. The minimum atomic E-state index is 0.451. The summed E-state index contributed by atoms with van der Waals surface area (Å²) < 4.78 is 5.03. The molecule has 60 valence electrons. The summed E-state index contributed by atoms with van der Waals surface area (Å²) >= 11 is 0. The lowest BCUT2D eigenvalue weighted by molar-refractivity contribution is 0.416. The maximum absolute atomic E-state index is 5.55. The standard InChI is InChI=1S/C7H11N3O/c1-9-6-5(11-2)3-4-10-7(6)8/h3-4,9H,1-2H3,(H2,8,10). The van der Waals surface area contributed by atoms with Gasteiger partial charge in [-0.25, -0.2) is 4.98 Å². The van der Waals surface area contributed by atoms with E-state index in [1.165, 1.54) is 0 Å². The second kappa shape index (κ2) is 3.09. The quantitative estimate of drug-likeness (QED) is 0.657. The van der Waals surface area contributed by atoms with Gasteiger partial charge >= 0.3 is 0 Å². The van der Waals surface area contributed by atoms with Crippen molar-refractivity contribution >= 4 is 11.5 Å². The highest BCUT2D eigenvalue weighted by Crippen LogP contribution is 2.26. The minimum Gasteiger partial charge on any atom is -0.494 e. The van der Waals surface area contributed by atoms with E-state index >= 15 is 0 Å². The molecule has 4 heteroatoms. The van der Waals surface area contributed by atoms with E-state index < -0.39 is 0 Å². The number of anilines is 2. The first kappa shape index (κ1) is 7.65. The van der Waals surface area contributed by atoms with Crippen molar-refractivity contribution in [3.63, 3.8) is 0 Å². The lowest BCUT2D eigenvalue weighted by atomic mass is 10.3. The summed E-state index contributed by atoms with van der Waals surface area (Å²) in [5, 5.41) is 2.90. The van der Waals surface area contributed by atoms with Gasteiger partial charge in [0.25, 0.3) is 0 Å². The third kappa shape index (κ3) is 1.34. The zero-order chi connectivity index (χ0) is 8.27. The predicted molar refractivity (Wildman–Crippen MR) is 44.7 cm³/mol. The molecule has 0 aliphatic heterocycles. The topological polar surface area (TPSA) is 60.2 Å². The number of hydrogen-bond acceptors (Lipinski definition) is 4. The minimum absolute atomic E-state index is 0.451. The Morgan fingerprint density at radius 1 is 1.64 bits per heavy atom. The van der Waals surface area contributed by atoms with Crippen LogP contribution in [-0.4, -0.2) is 19.1 Å². The van der Waals surface area contributed by atoms with Gasteiger partial charge < -0.3 is 15.8 Å². The Bertz CT molecular complexity index is 249. The molecule has 1 aromatic rings. The number of hydrogen-bond donors (Lipinski definition) is 2. The molecule has 1 rings (SSSR count). The normalized spacial score (nSPS) is 9.27. The van der Waals surface area contributed by atoms with Crippen molar-refractivity contribution in [2.45, 2.75) is 0 Å². The highest BCUT2D eigenvalue weighted by molar-refractivity contribution is 5.69. The monoisotopic (exact) mass is 153 g/mol. The number of nitrogens with zero attached hydrogens (tertiary/aromatic N) is 1. The molecule has 0 radical (unpaired) electrons. The molecule has 0 aliphatic carbocycles. The van der Waals surface area contributed by atoms with Crippen molar-refractivity contribution in [1.29, 1.82) is 0 Å². The van der Waals surface area contributed by atoms with Gasteiger partial charge in [-0.2, -0.15) is 0 Å². The third-order valence-electron chi connectivity index (χ3n) is 1.41. The van der Waals surface area contributed by atoms with Crippen molar-refractivity contribution in [1.82, 2.24) is 4.98 Å². The Labute approximate surface area is 65.4 Å². The van der Waals surface area contributed by atoms with Crippen LogP contribution in [0.5, 0.6) is 5.75 Å². The first-order valence-electron chi connectivity index (χ1n) is 3.25. The summed E-state index contributed by atoms with van der Waals surface area (Å²) in [7, 11) is 3.37. The van der Waals surface area contributed by atoms with Crippen LogP contribution in [0.25, 0.3) is 0 Å². The lowest BCUT2D eigenvalue weighted by Gasteiger charge is -2.08. The van der Waals surface area contributed by atoms with Crippen LogP contribution >= 0.6 is 0 Å². The van der Waals surface area contributed by atoms with Crippen LogP contribution in [0.15, 0.2) is 12.3 Å². The molecule has 0 saturated carbocycles. The van der Waals surface area contributed by atoms with Gasteiger partial charge in [0.05, 0.1) is 7.11 Å². The number of ether oxygens (including phenoxy) is 1. The van der Waals surface area contributed by atoms with E-state index in [0.29, 0.717) is 11.6 Å². The molecule has 1 aromatic heterocycles. The SMILES string of the molecule is CNc1c(OC)ccnc1N. The average molecular weight is 153 g/mol. The van der Waals surface area contributed by atoms with Gasteiger partial charge in [0, 0.05) is 19.3 Å². The van der Waals surface area contributed by atoms with Crippen LogP contribution in [0.2, 0.25) is 0 Å². The molecule has 0 spiro atoms. The summed E-state index contributed by atoms with van der Waals surface area (Å²) in [6, 6.07) is 1.75. The number of rotatable bonds is 2. The zero-order valence-corrected chi connectivity index (χ0v) is 6.59. The molecule has 0 fully saturated rings. The Hall–Kier alpha value is -1.45. The number of nitrogens with two attached hydrogens (primary N) is 1. The fourth-order valence-corrected chi connectivity index (χ4v) is 0.881. The number of pyridine rings is 1. The van der Waals surface area contributed by atoms with E-state index in [2.05, 4.69) is 10.3 Å². The van der Waals surface area contributed by atoms with Gasteiger partial charge in [-0.1, -0.05) is 0 Å². The van der Waals surface area contributed by atoms with Crippen molar-refractivity contribution in [3.05, 3.63) is 12.3 Å². The smallest absolute Gasteiger partial charge is 0.150 e. The fourth-order valence-electron chi connectivity index (χ4n) is 0.881. The summed E-state index contributed by atoms with van der Waals surface area (Å²) in [6.45, 7) is 0. The Morgan fingerprint density at radius 3 is 2.82 bits per heavy atom. The van der Waals surface area contributed by atoms with E-state index in [1.54, 1.807) is 26.4 Å². The Morgan fingerprint density at radius 2 is 2.36 bits per heavy atom. The van der Waals surface area contributed by atoms with E-state index in [-0.39, 0.29) is 0 Å². The molecular formula is C7H11N3O. The molecule has 4 nitrogen and oxygen atoms in total. The molecule has 0 bridgehead atoms. The Kier molecular flexibility index (Phi) is 2.15. The molecule has 0 aromatic carbocycles. The maximum Gasteiger partial charge on any atom is 0.150 e. The van der Waals surface area contributed by atoms with Gasteiger partial charge in [0.2, 0.25) is 0 Å². The number of aromatic nitrogens is 1. The predicted octanol–water partition coefficient (Wildman–Crippen LogP) is 0.714. The van der Waals surface area contributed by atoms with Crippen LogP contribution in [0.3, 0.4) is 0 Å². The van der Waals surface area contributed by atoms with Crippen molar-refractivity contribution < 1.29 is 4.74 Å². The molecule has 0 saturated heterocycles. The largest absolute Gasteiger partial charge is 0.494 e. The number of nitrogen functional groups attached to an aromatic ring is 1. The van der Waals surface area contributed by atoms with Crippen molar-refractivity contribution in [2.75, 3.05) is 25.2 Å². The van der Waals surface area contributed by atoms with Crippen LogP contribution < -0.4 is 15.8 Å². The second-order valence-electron chi connectivity index (χ2n) is 2.02. The van der Waals surface area contributed by atoms with E-state index in [0.717, 1.165) is 5.69 Å². The van der Waals surface area contributed by atoms with Gasteiger partial charge in [-0.3, -0.25) is 0 Å². The van der Waals surface area contributed by atoms with E-state index in [9.17, 15) is 0 Å². The summed E-state index contributed by atoms with van der Waals surface area (Å²) in [4.78, 5) is 3.89. The van der Waals surface area contributed by atoms with Crippen LogP contribution in [-0.2, 0) is 0 Å². The molecular weight excluding hydrogens is 142 g/mol. The van der Waals surface area contributed by atoms with Crippen LogP contribution in [0, 0.1) is 0 Å². The molecule has 0 atom stereocenters. The maximum atomic E-state index is 5.55. The van der Waals surface area contributed by atoms with E-state index in [4.69, 9.17) is 10.5 Å². The molecule has 0 amide bonds. The second-order valence-corrected chi connectivity index (χ2v) is 2.02. The van der Waals surface area contributed by atoms with E-state index in [1.807, 2.05) is 0 Å².